The minimum absolute atomic E-state index is 0.0670. The van der Waals surface area contributed by atoms with Gasteiger partial charge in [0.25, 0.3) is 5.91 Å². The average molecular weight is 486 g/mol. The van der Waals surface area contributed by atoms with Gasteiger partial charge in [0.1, 0.15) is 10.6 Å². The molecule has 33 heavy (non-hydrogen) atoms. The van der Waals surface area contributed by atoms with Crippen molar-refractivity contribution in [1.29, 1.82) is 0 Å². The molecule has 1 aromatic heterocycles. The molecule has 0 saturated carbocycles. The maximum Gasteiger partial charge on any atom is 0.325 e. The summed E-state index contributed by atoms with van der Waals surface area (Å²) in [6.45, 7) is 4.48. The predicted molar refractivity (Wildman–Crippen MR) is 132 cm³/mol. The van der Waals surface area contributed by atoms with Crippen LogP contribution in [0.25, 0.3) is 0 Å². The number of hydrogen-bond acceptors (Lipinski definition) is 6. The van der Waals surface area contributed by atoms with E-state index in [4.69, 9.17) is 16.3 Å². The molecule has 3 amide bonds. The first kappa shape index (κ1) is 22.9. The number of rotatable bonds is 5. The third-order valence-corrected chi connectivity index (χ3v) is 6.59. The zero-order chi connectivity index (χ0) is 23.4. The van der Waals surface area contributed by atoms with E-state index in [1.54, 1.807) is 38.3 Å². The summed E-state index contributed by atoms with van der Waals surface area (Å²) in [6, 6.07) is 14.3. The summed E-state index contributed by atoms with van der Waals surface area (Å²) < 4.78 is 5.21. The average Bonchev–Trinajstić information content (AvgIpc) is 3.18. The van der Waals surface area contributed by atoms with E-state index in [0.717, 1.165) is 24.5 Å². The number of thiazole rings is 1. The zero-order valence-electron chi connectivity index (χ0n) is 18.3. The van der Waals surface area contributed by atoms with Crippen molar-refractivity contribution in [3.63, 3.8) is 0 Å². The molecule has 1 saturated heterocycles. The highest BCUT2D eigenvalue weighted by Crippen LogP contribution is 2.26. The number of hydrogen-bond donors (Lipinski definition) is 2. The Kier molecular flexibility index (Phi) is 7.00. The highest BCUT2D eigenvalue weighted by Gasteiger charge is 2.26. The number of piperazine rings is 1. The van der Waals surface area contributed by atoms with Crippen molar-refractivity contribution in [3.8, 4) is 5.75 Å². The van der Waals surface area contributed by atoms with Crippen LogP contribution in [-0.2, 0) is 0 Å². The van der Waals surface area contributed by atoms with Gasteiger partial charge in [-0.3, -0.25) is 10.1 Å². The lowest BCUT2D eigenvalue weighted by Gasteiger charge is -2.36. The molecule has 10 heteroatoms. The van der Waals surface area contributed by atoms with Crippen LogP contribution in [0.3, 0.4) is 0 Å². The van der Waals surface area contributed by atoms with E-state index < -0.39 is 6.03 Å². The van der Waals surface area contributed by atoms with Gasteiger partial charge in [0.05, 0.1) is 12.8 Å². The molecule has 0 radical (unpaired) electrons. The molecule has 1 fully saturated rings. The number of amides is 3. The molecule has 0 atom stereocenters. The van der Waals surface area contributed by atoms with Crippen LogP contribution in [0.1, 0.15) is 15.4 Å². The second-order valence-corrected chi connectivity index (χ2v) is 8.94. The lowest BCUT2D eigenvalue weighted by Crippen LogP contribution is -2.48. The molecule has 2 N–H and O–H groups in total. The summed E-state index contributed by atoms with van der Waals surface area (Å²) in [5, 5.41) is 6.29. The van der Waals surface area contributed by atoms with E-state index >= 15 is 0 Å². The van der Waals surface area contributed by atoms with E-state index in [2.05, 4.69) is 20.5 Å². The molecule has 0 bridgehead atoms. The van der Waals surface area contributed by atoms with Crippen LogP contribution in [0.2, 0.25) is 5.02 Å². The number of halogens is 1. The Morgan fingerprint density at radius 2 is 1.79 bits per heavy atom. The van der Waals surface area contributed by atoms with Gasteiger partial charge < -0.3 is 19.9 Å². The third-order valence-electron chi connectivity index (χ3n) is 5.30. The highest BCUT2D eigenvalue weighted by molar-refractivity contribution is 7.17. The lowest BCUT2D eigenvalue weighted by atomic mass is 10.2. The number of carbonyl (C=O) groups excluding carboxylic acids is 2. The molecular weight excluding hydrogens is 462 g/mol. The smallest absolute Gasteiger partial charge is 0.325 e. The minimum Gasteiger partial charge on any atom is -0.497 e. The van der Waals surface area contributed by atoms with Gasteiger partial charge in [-0.2, -0.15) is 0 Å². The Morgan fingerprint density at radius 3 is 2.45 bits per heavy atom. The molecule has 0 spiro atoms. The predicted octanol–water partition coefficient (Wildman–Crippen LogP) is 4.72. The van der Waals surface area contributed by atoms with Crippen LogP contribution >= 0.6 is 22.9 Å². The molecule has 8 nitrogen and oxygen atoms in total. The second-order valence-electron chi connectivity index (χ2n) is 7.50. The minimum atomic E-state index is -0.446. The number of methoxy groups -OCH3 is 1. The molecule has 2 aromatic carbocycles. The van der Waals surface area contributed by atoms with E-state index in [9.17, 15) is 9.59 Å². The zero-order valence-corrected chi connectivity index (χ0v) is 19.9. The number of aryl methyl sites for hydroxylation is 1. The summed E-state index contributed by atoms with van der Waals surface area (Å²) in [5.41, 5.74) is 2.27. The Labute approximate surface area is 201 Å². The topological polar surface area (TPSA) is 86.8 Å². The molecule has 0 aliphatic carbocycles. The number of urea groups is 1. The van der Waals surface area contributed by atoms with Gasteiger partial charge in [0, 0.05) is 42.6 Å². The largest absolute Gasteiger partial charge is 0.497 e. The molecule has 3 aromatic rings. The molecule has 172 valence electrons. The number of aromatic nitrogens is 1. The van der Waals surface area contributed by atoms with Gasteiger partial charge in [0.15, 0.2) is 5.13 Å². The normalized spacial score (nSPS) is 13.5. The summed E-state index contributed by atoms with van der Waals surface area (Å²) >= 11 is 7.12. The summed E-state index contributed by atoms with van der Waals surface area (Å²) in [6.07, 6.45) is 0. The second kappa shape index (κ2) is 10.1. The van der Waals surface area contributed by atoms with E-state index in [-0.39, 0.29) is 5.91 Å². The van der Waals surface area contributed by atoms with Crippen LogP contribution in [-0.4, -0.2) is 55.1 Å². The summed E-state index contributed by atoms with van der Waals surface area (Å²) in [4.78, 5) is 34.3. The van der Waals surface area contributed by atoms with Crippen LogP contribution < -0.4 is 20.3 Å². The fraction of sp³-hybridized carbons (Fsp3) is 0.261. The van der Waals surface area contributed by atoms with Crippen molar-refractivity contribution >= 4 is 51.4 Å². The van der Waals surface area contributed by atoms with Gasteiger partial charge in [-0.1, -0.05) is 29.0 Å². The Hall–Kier alpha value is -3.30. The molecular formula is C23H24ClN5O3S. The first-order valence-electron chi connectivity index (χ1n) is 10.4. The number of carbonyl (C=O) groups is 2. The standard InChI is InChI=1S/C23H24ClN5O3S/c1-15-20(33-23(25-15)27-22(31)26-17-5-3-4-16(24)14-17)21(30)29-12-10-28(11-13-29)18-6-8-19(32-2)9-7-18/h3-9,14H,10-13H2,1-2H3,(H2,25,26,27,31). The Bertz CT molecular complexity index is 1140. The van der Waals surface area contributed by atoms with Gasteiger partial charge in [0.2, 0.25) is 0 Å². The number of nitrogens with one attached hydrogen (secondary N) is 2. The third kappa shape index (κ3) is 5.55. The molecule has 0 unspecified atom stereocenters. The summed E-state index contributed by atoms with van der Waals surface area (Å²) in [7, 11) is 1.65. The first-order chi connectivity index (χ1) is 15.9. The van der Waals surface area contributed by atoms with E-state index in [1.165, 1.54) is 11.3 Å². The lowest BCUT2D eigenvalue weighted by molar-refractivity contribution is 0.0750. The van der Waals surface area contributed by atoms with E-state index in [1.807, 2.05) is 29.2 Å². The van der Waals surface area contributed by atoms with Crippen molar-refractivity contribution in [3.05, 3.63) is 64.1 Å². The van der Waals surface area contributed by atoms with Crippen molar-refractivity contribution < 1.29 is 14.3 Å². The number of anilines is 3. The van der Waals surface area contributed by atoms with Crippen LogP contribution in [0.5, 0.6) is 5.75 Å². The molecule has 1 aliphatic rings. The fourth-order valence-electron chi connectivity index (χ4n) is 3.58. The summed E-state index contributed by atoms with van der Waals surface area (Å²) in [5.74, 6) is 0.751. The highest BCUT2D eigenvalue weighted by atomic mass is 35.5. The van der Waals surface area contributed by atoms with Gasteiger partial charge >= 0.3 is 6.03 Å². The number of ether oxygens (including phenoxy) is 1. The van der Waals surface area contributed by atoms with E-state index in [0.29, 0.717) is 39.5 Å². The monoisotopic (exact) mass is 485 g/mol. The van der Waals surface area contributed by atoms with Gasteiger partial charge in [-0.15, -0.1) is 0 Å². The van der Waals surface area contributed by atoms with Crippen LogP contribution in [0.15, 0.2) is 48.5 Å². The molecule has 2 heterocycles. The first-order valence-corrected chi connectivity index (χ1v) is 11.6. The quantitative estimate of drug-likeness (QED) is 0.546. The maximum atomic E-state index is 13.1. The molecule has 4 rings (SSSR count). The van der Waals surface area contributed by atoms with Gasteiger partial charge in [-0.25, -0.2) is 9.78 Å². The van der Waals surface area contributed by atoms with Crippen molar-refractivity contribution in [1.82, 2.24) is 9.88 Å². The van der Waals surface area contributed by atoms with Crippen LogP contribution in [0.4, 0.5) is 21.3 Å². The van der Waals surface area contributed by atoms with Crippen molar-refractivity contribution in [2.75, 3.05) is 48.8 Å². The Balaban J connectivity index is 1.34. The SMILES string of the molecule is COc1ccc(N2CCN(C(=O)c3sc(NC(=O)Nc4cccc(Cl)c4)nc3C)CC2)cc1. The van der Waals surface area contributed by atoms with Crippen molar-refractivity contribution in [2.24, 2.45) is 0 Å². The maximum absolute atomic E-state index is 13.1. The fourth-order valence-corrected chi connectivity index (χ4v) is 4.70. The molecule has 1 aliphatic heterocycles. The van der Waals surface area contributed by atoms with Gasteiger partial charge in [-0.05, 0) is 49.4 Å². The van der Waals surface area contributed by atoms with Crippen LogP contribution in [0, 0.1) is 6.92 Å². The van der Waals surface area contributed by atoms with Crippen molar-refractivity contribution in [2.45, 2.75) is 6.92 Å². The number of nitrogens with zero attached hydrogens (tertiary/aromatic N) is 3. The number of benzene rings is 2. The Morgan fingerprint density at radius 1 is 1.06 bits per heavy atom.